The molecule has 3 nitrogen and oxygen atoms in total. The number of nitrogens with zero attached hydrogens (tertiary/aromatic N) is 1. The van der Waals surface area contributed by atoms with E-state index in [0.717, 1.165) is 16.2 Å². The number of carboxylic acid groups (broad SMARTS) is 1. The molecule has 0 radical (unpaired) electrons. The van der Waals surface area contributed by atoms with E-state index in [2.05, 4.69) is 0 Å². The Morgan fingerprint density at radius 3 is 2.42 bits per heavy atom. The van der Waals surface area contributed by atoms with E-state index >= 15 is 0 Å². The summed E-state index contributed by atoms with van der Waals surface area (Å²) in [7, 11) is 0. The Labute approximate surface area is 113 Å². The molecule has 1 aromatic heterocycles. The maximum Gasteiger partial charge on any atom is 0.401 e. The van der Waals surface area contributed by atoms with Crippen LogP contribution in [0.2, 0.25) is 0 Å². The fourth-order valence-electron chi connectivity index (χ4n) is 1.65. The Morgan fingerprint density at radius 2 is 2.05 bits per heavy atom. The molecule has 108 valence electrons. The minimum absolute atomic E-state index is 0.104. The van der Waals surface area contributed by atoms with Crippen molar-refractivity contribution in [2.45, 2.75) is 39.5 Å². The van der Waals surface area contributed by atoms with Gasteiger partial charge in [0.1, 0.15) is 4.88 Å². The highest BCUT2D eigenvalue weighted by molar-refractivity contribution is 7.14. The van der Waals surface area contributed by atoms with E-state index in [1.54, 1.807) is 20.8 Å². The summed E-state index contributed by atoms with van der Waals surface area (Å²) in [4.78, 5) is 13.0. The number of halogens is 3. The average molecular weight is 295 g/mol. The molecule has 0 atom stereocenters. The number of hydrogen-bond donors (Lipinski definition) is 1. The fourth-order valence-corrected chi connectivity index (χ4v) is 2.53. The molecular weight excluding hydrogens is 279 g/mol. The van der Waals surface area contributed by atoms with Crippen molar-refractivity contribution in [2.75, 3.05) is 6.54 Å². The lowest BCUT2D eigenvalue weighted by atomic mass is 10.2. The highest BCUT2D eigenvalue weighted by Gasteiger charge is 2.32. The van der Waals surface area contributed by atoms with Crippen LogP contribution in [0, 0.1) is 6.92 Å². The molecule has 0 unspecified atom stereocenters. The quantitative estimate of drug-likeness (QED) is 0.903. The molecule has 19 heavy (non-hydrogen) atoms. The van der Waals surface area contributed by atoms with Gasteiger partial charge in [0.15, 0.2) is 0 Å². The maximum absolute atomic E-state index is 12.5. The van der Waals surface area contributed by atoms with Crippen molar-refractivity contribution in [1.82, 2.24) is 4.90 Å². The van der Waals surface area contributed by atoms with Crippen molar-refractivity contribution in [3.63, 3.8) is 0 Å². The molecule has 1 heterocycles. The first-order valence-corrected chi connectivity index (χ1v) is 6.55. The van der Waals surface area contributed by atoms with Crippen LogP contribution in [0.5, 0.6) is 0 Å². The molecule has 0 aromatic carbocycles. The Bertz CT molecular complexity index is 454. The third-order valence-corrected chi connectivity index (χ3v) is 3.80. The van der Waals surface area contributed by atoms with E-state index < -0.39 is 18.7 Å². The normalized spacial score (nSPS) is 12.4. The second-order valence-corrected chi connectivity index (χ2v) is 5.87. The highest BCUT2D eigenvalue weighted by Crippen LogP contribution is 2.25. The van der Waals surface area contributed by atoms with Gasteiger partial charge in [-0.3, -0.25) is 4.90 Å². The van der Waals surface area contributed by atoms with Crippen molar-refractivity contribution < 1.29 is 23.1 Å². The first kappa shape index (κ1) is 16.0. The molecule has 1 rings (SSSR count). The predicted molar refractivity (Wildman–Crippen MR) is 67.6 cm³/mol. The third-order valence-electron chi connectivity index (χ3n) is 2.72. The molecule has 0 aliphatic carbocycles. The number of carbonyl (C=O) groups is 1. The third kappa shape index (κ3) is 4.83. The number of carboxylic acids is 1. The molecule has 7 heteroatoms. The van der Waals surface area contributed by atoms with Gasteiger partial charge in [0.2, 0.25) is 0 Å². The minimum Gasteiger partial charge on any atom is -0.477 e. The summed E-state index contributed by atoms with van der Waals surface area (Å²) in [5, 5.41) is 8.87. The van der Waals surface area contributed by atoms with Crippen LogP contribution < -0.4 is 0 Å². The number of thiophene rings is 1. The summed E-state index contributed by atoms with van der Waals surface area (Å²) in [5.41, 5.74) is 0.639. The van der Waals surface area contributed by atoms with Gasteiger partial charge in [-0.25, -0.2) is 4.79 Å². The van der Waals surface area contributed by atoms with Gasteiger partial charge >= 0.3 is 12.1 Å². The largest absolute Gasteiger partial charge is 0.477 e. The van der Waals surface area contributed by atoms with Crippen molar-refractivity contribution in [2.24, 2.45) is 0 Å². The number of rotatable bonds is 5. The van der Waals surface area contributed by atoms with Crippen LogP contribution in [0.1, 0.15) is 34.0 Å². The first-order chi connectivity index (χ1) is 8.60. The molecule has 0 saturated carbocycles. The van der Waals surface area contributed by atoms with Gasteiger partial charge in [-0.2, -0.15) is 13.2 Å². The molecule has 0 fully saturated rings. The van der Waals surface area contributed by atoms with E-state index in [4.69, 9.17) is 5.11 Å². The lowest BCUT2D eigenvalue weighted by molar-refractivity contribution is -0.150. The average Bonchev–Trinajstić information content (AvgIpc) is 2.57. The lowest BCUT2D eigenvalue weighted by Crippen LogP contribution is -2.38. The summed E-state index contributed by atoms with van der Waals surface area (Å²) in [6, 6.07) is 1.18. The number of aromatic carboxylic acids is 1. The number of hydrogen-bond acceptors (Lipinski definition) is 3. The molecule has 1 aromatic rings. The van der Waals surface area contributed by atoms with Crippen LogP contribution in [0.4, 0.5) is 13.2 Å². The summed E-state index contributed by atoms with van der Waals surface area (Å²) in [6.45, 7) is 4.20. The van der Waals surface area contributed by atoms with Gasteiger partial charge in [-0.05, 0) is 32.4 Å². The molecule has 0 aliphatic heterocycles. The topological polar surface area (TPSA) is 40.5 Å². The highest BCUT2D eigenvalue weighted by atomic mass is 32.1. The summed E-state index contributed by atoms with van der Waals surface area (Å²) in [6.07, 6.45) is -4.26. The van der Waals surface area contributed by atoms with Crippen LogP contribution in [0.3, 0.4) is 0 Å². The lowest BCUT2D eigenvalue weighted by Gasteiger charge is -2.27. The standard InChI is InChI=1S/C12H16F3NO2S/c1-7(2)16(6-12(13,14)15)5-9-4-10(11(17)18)19-8(9)3/h4,7H,5-6H2,1-3H3,(H,17,18). The van der Waals surface area contributed by atoms with Crippen molar-refractivity contribution in [3.8, 4) is 0 Å². The van der Waals surface area contributed by atoms with Crippen molar-refractivity contribution >= 4 is 17.3 Å². The zero-order chi connectivity index (χ0) is 14.8. The van der Waals surface area contributed by atoms with Crippen LogP contribution in [0.15, 0.2) is 6.07 Å². The van der Waals surface area contributed by atoms with Gasteiger partial charge in [-0.1, -0.05) is 0 Å². The SMILES string of the molecule is Cc1sc(C(=O)O)cc1CN(CC(F)(F)F)C(C)C. The smallest absolute Gasteiger partial charge is 0.401 e. The number of alkyl halides is 3. The van der Waals surface area contributed by atoms with Crippen molar-refractivity contribution in [1.29, 1.82) is 0 Å². The molecule has 0 saturated heterocycles. The second kappa shape index (κ2) is 5.92. The second-order valence-electron chi connectivity index (χ2n) is 4.61. The van der Waals surface area contributed by atoms with E-state index in [-0.39, 0.29) is 17.5 Å². The Morgan fingerprint density at radius 1 is 1.47 bits per heavy atom. The summed E-state index contributed by atoms with van der Waals surface area (Å²) in [5.74, 6) is -1.05. The van der Waals surface area contributed by atoms with Crippen LogP contribution in [-0.4, -0.2) is 34.7 Å². The van der Waals surface area contributed by atoms with Gasteiger partial charge in [0, 0.05) is 17.5 Å². The van der Waals surface area contributed by atoms with Crippen molar-refractivity contribution in [3.05, 3.63) is 21.4 Å². The number of aryl methyl sites for hydroxylation is 1. The van der Waals surface area contributed by atoms with E-state index in [9.17, 15) is 18.0 Å². The molecule has 1 N–H and O–H groups in total. The van der Waals surface area contributed by atoms with Crippen LogP contribution in [-0.2, 0) is 6.54 Å². The zero-order valence-electron chi connectivity index (χ0n) is 10.9. The molecule has 0 amide bonds. The molecule has 0 aliphatic rings. The van der Waals surface area contributed by atoms with Gasteiger partial charge in [-0.15, -0.1) is 11.3 Å². The summed E-state index contributed by atoms with van der Waals surface area (Å²) >= 11 is 1.09. The van der Waals surface area contributed by atoms with E-state index in [0.29, 0.717) is 5.56 Å². The van der Waals surface area contributed by atoms with E-state index in [1.165, 1.54) is 11.0 Å². The molecular formula is C12H16F3NO2S. The van der Waals surface area contributed by atoms with Gasteiger partial charge in [0.25, 0.3) is 0 Å². The molecule has 0 bridgehead atoms. The van der Waals surface area contributed by atoms with Gasteiger partial charge in [0.05, 0.1) is 6.54 Å². The minimum atomic E-state index is -4.26. The Balaban J connectivity index is 2.88. The predicted octanol–water partition coefficient (Wildman–Crippen LogP) is 3.53. The zero-order valence-corrected chi connectivity index (χ0v) is 11.7. The molecule has 0 spiro atoms. The van der Waals surface area contributed by atoms with E-state index in [1.807, 2.05) is 0 Å². The van der Waals surface area contributed by atoms with Crippen LogP contribution in [0.25, 0.3) is 0 Å². The fraction of sp³-hybridized carbons (Fsp3) is 0.583. The van der Waals surface area contributed by atoms with Gasteiger partial charge < -0.3 is 5.11 Å². The Hall–Kier alpha value is -1.08. The first-order valence-electron chi connectivity index (χ1n) is 5.73. The summed E-state index contributed by atoms with van der Waals surface area (Å²) < 4.78 is 37.4. The monoisotopic (exact) mass is 295 g/mol. The Kier molecular flexibility index (Phi) is 4.98. The maximum atomic E-state index is 12.5. The van der Waals surface area contributed by atoms with Crippen LogP contribution >= 0.6 is 11.3 Å².